The molecule has 0 bridgehead atoms. The normalized spacial score (nSPS) is 10.9. The first-order valence-electron chi connectivity index (χ1n) is 14.3. The first-order valence-corrected chi connectivity index (χ1v) is 15.3. The van der Waals surface area contributed by atoms with E-state index >= 15 is 0 Å². The topological polar surface area (TPSA) is 92.8 Å². The molecule has 1 amide bonds. The van der Waals surface area contributed by atoms with Crippen molar-refractivity contribution < 1.29 is 19.1 Å². The van der Waals surface area contributed by atoms with Gasteiger partial charge in [0.25, 0.3) is 0 Å². The number of nitrogens with zero attached hydrogens (tertiary/aromatic N) is 2. The van der Waals surface area contributed by atoms with E-state index < -0.39 is 6.16 Å². The molecule has 0 aliphatic rings. The van der Waals surface area contributed by atoms with Crippen LogP contribution in [0.5, 0.6) is 5.75 Å². The smallest absolute Gasteiger partial charge is 0.429 e. The Kier molecular flexibility index (Phi) is 10.4. The number of ether oxygens (including phenoxy) is 2. The lowest BCUT2D eigenvalue weighted by atomic mass is 10.1. The summed E-state index contributed by atoms with van der Waals surface area (Å²) >= 11 is 11.8. The molecule has 0 radical (unpaired) electrons. The van der Waals surface area contributed by atoms with E-state index in [4.69, 9.17) is 37.7 Å². The number of hydrogen-bond acceptors (Lipinski definition) is 7. The minimum Gasteiger partial charge on any atom is -0.429 e. The summed E-state index contributed by atoms with van der Waals surface area (Å²) in [5, 5.41) is 8.35. The number of benzene rings is 4. The summed E-state index contributed by atoms with van der Waals surface area (Å²) in [6.45, 7) is 3.02. The highest BCUT2D eigenvalue weighted by Crippen LogP contribution is 2.34. The summed E-state index contributed by atoms with van der Waals surface area (Å²) in [6, 6.07) is 28.4. The van der Waals surface area contributed by atoms with E-state index in [1.165, 1.54) is 0 Å². The molecule has 0 unspecified atom stereocenters. The monoisotopic (exact) mass is 630 g/mol. The molecule has 44 heavy (non-hydrogen) atoms. The molecular formula is C34H32Cl2N4O4. The summed E-state index contributed by atoms with van der Waals surface area (Å²) in [7, 11) is 0. The van der Waals surface area contributed by atoms with Crippen LogP contribution in [0.25, 0.3) is 21.8 Å². The Morgan fingerprint density at radius 2 is 1.43 bits per heavy atom. The molecule has 8 nitrogen and oxygen atoms in total. The SMILES string of the molecule is CCC(=O)Nc1cc(COC(=O)Oc2ccc(N(CCCl)CCCl)cc2)cc(Nc2c3ccccc3nc3ccccc23)c1. The fourth-order valence-electron chi connectivity index (χ4n) is 4.85. The standard InChI is InChI=1S/C34H32Cl2N4O4/c1-2-32(41)37-24-19-23(22-43-34(42)44-27-13-11-26(12-14-27)40(17-15-35)18-16-36)20-25(21-24)38-33-28-7-3-5-9-30(28)39-31-10-6-4-8-29(31)33/h3-14,19-21H,2,15-18,22H2,1H3,(H,37,41)(H,38,39). The van der Waals surface area contributed by atoms with Gasteiger partial charge in [0, 0.05) is 59.1 Å². The molecule has 0 aliphatic carbocycles. The van der Waals surface area contributed by atoms with Crippen molar-refractivity contribution in [2.45, 2.75) is 20.0 Å². The van der Waals surface area contributed by atoms with E-state index in [-0.39, 0.29) is 12.5 Å². The Bertz CT molecular complexity index is 1700. The van der Waals surface area contributed by atoms with Gasteiger partial charge in [-0.25, -0.2) is 9.78 Å². The molecule has 2 N–H and O–H groups in total. The first-order chi connectivity index (χ1) is 21.5. The highest BCUT2D eigenvalue weighted by Gasteiger charge is 2.13. The lowest BCUT2D eigenvalue weighted by Crippen LogP contribution is -2.27. The van der Waals surface area contributed by atoms with Gasteiger partial charge in [-0.1, -0.05) is 43.3 Å². The minimum atomic E-state index is -0.847. The average molecular weight is 632 g/mol. The van der Waals surface area contributed by atoms with Crippen LogP contribution in [0, 0.1) is 0 Å². The fraction of sp³-hybridized carbons (Fsp3) is 0.206. The van der Waals surface area contributed by atoms with Crippen LogP contribution in [-0.2, 0) is 16.1 Å². The van der Waals surface area contributed by atoms with Crippen molar-refractivity contribution >= 4 is 79.8 Å². The number of halogens is 2. The van der Waals surface area contributed by atoms with Gasteiger partial charge in [-0.15, -0.1) is 23.2 Å². The predicted molar refractivity (Wildman–Crippen MR) is 179 cm³/mol. The van der Waals surface area contributed by atoms with Crippen LogP contribution in [0.4, 0.5) is 27.5 Å². The summed E-state index contributed by atoms with van der Waals surface area (Å²) < 4.78 is 10.9. The predicted octanol–water partition coefficient (Wildman–Crippen LogP) is 8.48. The molecule has 0 saturated carbocycles. The van der Waals surface area contributed by atoms with E-state index in [1.807, 2.05) is 72.8 Å². The Balaban J connectivity index is 1.35. The average Bonchev–Trinajstić information content (AvgIpc) is 3.04. The number of rotatable bonds is 12. The number of hydrogen-bond donors (Lipinski definition) is 2. The summed E-state index contributed by atoms with van der Waals surface area (Å²) in [6.07, 6.45) is -0.524. The molecule has 0 saturated heterocycles. The highest BCUT2D eigenvalue weighted by atomic mass is 35.5. The molecule has 226 valence electrons. The van der Waals surface area contributed by atoms with Crippen molar-refractivity contribution in [2.24, 2.45) is 0 Å². The van der Waals surface area contributed by atoms with E-state index in [2.05, 4.69) is 15.5 Å². The van der Waals surface area contributed by atoms with Gasteiger partial charge in [0.2, 0.25) is 5.91 Å². The highest BCUT2D eigenvalue weighted by molar-refractivity contribution is 6.18. The zero-order valence-electron chi connectivity index (χ0n) is 24.2. The molecule has 0 aliphatic heterocycles. The number of anilines is 4. The van der Waals surface area contributed by atoms with Gasteiger partial charge in [-0.3, -0.25) is 4.79 Å². The number of nitrogens with one attached hydrogen (secondary N) is 2. The van der Waals surface area contributed by atoms with Gasteiger partial charge in [0.05, 0.1) is 16.7 Å². The quantitative estimate of drug-likeness (QED) is 0.0618. The number of carbonyl (C=O) groups excluding carboxylic acids is 2. The molecule has 5 rings (SSSR count). The second-order valence-corrected chi connectivity index (χ2v) is 10.7. The van der Waals surface area contributed by atoms with Gasteiger partial charge < -0.3 is 25.0 Å². The van der Waals surface area contributed by atoms with Crippen molar-refractivity contribution in [1.82, 2.24) is 4.98 Å². The summed E-state index contributed by atoms with van der Waals surface area (Å²) in [5.74, 6) is 1.15. The lowest BCUT2D eigenvalue weighted by molar-refractivity contribution is -0.115. The Labute approximate surface area is 265 Å². The van der Waals surface area contributed by atoms with Crippen LogP contribution >= 0.6 is 23.2 Å². The third kappa shape index (κ3) is 7.70. The molecule has 1 aromatic heterocycles. The van der Waals surface area contributed by atoms with E-state index in [0.717, 1.165) is 33.2 Å². The maximum absolute atomic E-state index is 12.6. The van der Waals surface area contributed by atoms with Crippen molar-refractivity contribution in [1.29, 1.82) is 0 Å². The summed E-state index contributed by atoms with van der Waals surface area (Å²) in [5.41, 5.74) is 5.47. The first kappa shape index (κ1) is 30.9. The van der Waals surface area contributed by atoms with Gasteiger partial charge in [0.15, 0.2) is 0 Å². The third-order valence-electron chi connectivity index (χ3n) is 6.92. The number of carbonyl (C=O) groups is 2. The van der Waals surface area contributed by atoms with Crippen LogP contribution in [0.1, 0.15) is 18.9 Å². The largest absolute Gasteiger partial charge is 0.514 e. The van der Waals surface area contributed by atoms with Gasteiger partial charge in [-0.05, 0) is 60.2 Å². The number of pyridine rings is 1. The molecule has 10 heteroatoms. The van der Waals surface area contributed by atoms with Gasteiger partial charge >= 0.3 is 6.16 Å². The molecule has 0 atom stereocenters. The van der Waals surface area contributed by atoms with Crippen LogP contribution in [0.3, 0.4) is 0 Å². The van der Waals surface area contributed by atoms with Gasteiger partial charge in [-0.2, -0.15) is 0 Å². The minimum absolute atomic E-state index is 0.0709. The molecule has 0 fully saturated rings. The Morgan fingerprint density at radius 1 is 0.818 bits per heavy atom. The molecule has 1 heterocycles. The fourth-order valence-corrected chi connectivity index (χ4v) is 5.26. The van der Waals surface area contributed by atoms with E-state index in [9.17, 15) is 9.59 Å². The van der Waals surface area contributed by atoms with Crippen molar-refractivity contribution in [2.75, 3.05) is 40.4 Å². The molecule has 5 aromatic rings. The van der Waals surface area contributed by atoms with E-state index in [1.54, 1.807) is 25.1 Å². The molecular weight excluding hydrogens is 599 g/mol. The summed E-state index contributed by atoms with van der Waals surface area (Å²) in [4.78, 5) is 31.7. The maximum Gasteiger partial charge on any atom is 0.514 e. The van der Waals surface area contributed by atoms with Crippen molar-refractivity contribution in [3.05, 3.63) is 96.6 Å². The van der Waals surface area contributed by atoms with Crippen LogP contribution < -0.4 is 20.3 Å². The second kappa shape index (κ2) is 14.8. The number of aromatic nitrogens is 1. The molecule has 0 spiro atoms. The van der Waals surface area contributed by atoms with E-state index in [0.29, 0.717) is 54.0 Å². The van der Waals surface area contributed by atoms with Crippen molar-refractivity contribution in [3.63, 3.8) is 0 Å². The number of para-hydroxylation sites is 2. The van der Waals surface area contributed by atoms with Gasteiger partial charge in [0.1, 0.15) is 12.4 Å². The van der Waals surface area contributed by atoms with Crippen LogP contribution in [0.2, 0.25) is 0 Å². The zero-order valence-corrected chi connectivity index (χ0v) is 25.7. The number of alkyl halides is 2. The molecule has 4 aromatic carbocycles. The van der Waals surface area contributed by atoms with Crippen LogP contribution in [0.15, 0.2) is 91.0 Å². The zero-order chi connectivity index (χ0) is 30.9. The lowest BCUT2D eigenvalue weighted by Gasteiger charge is -2.22. The second-order valence-electron chi connectivity index (χ2n) is 9.97. The Hall–Kier alpha value is -4.53. The van der Waals surface area contributed by atoms with Crippen LogP contribution in [-0.4, -0.2) is 41.9 Å². The maximum atomic E-state index is 12.6. The number of fused-ring (bicyclic) bond motifs is 2. The Morgan fingerprint density at radius 3 is 2.05 bits per heavy atom. The van der Waals surface area contributed by atoms with Crippen molar-refractivity contribution in [3.8, 4) is 5.75 Å². The third-order valence-corrected chi connectivity index (χ3v) is 7.26. The number of amides is 1.